The van der Waals surface area contributed by atoms with Crippen LogP contribution in [-0.2, 0) is 17.9 Å². The Hall–Kier alpha value is -2.12. The Kier molecular flexibility index (Phi) is 6.34. The summed E-state index contributed by atoms with van der Waals surface area (Å²) in [5.41, 5.74) is 1.66. The minimum Gasteiger partial charge on any atom is -0.367 e. The first-order valence-electron chi connectivity index (χ1n) is 7.89. The summed E-state index contributed by atoms with van der Waals surface area (Å²) < 4.78 is 7.65. The molecule has 0 aliphatic carbocycles. The predicted molar refractivity (Wildman–Crippen MR) is 104 cm³/mol. The number of halogens is 3. The van der Waals surface area contributed by atoms with Crippen LogP contribution in [0.1, 0.15) is 17.2 Å². The molecule has 3 rings (SSSR count). The van der Waals surface area contributed by atoms with E-state index in [0.29, 0.717) is 28.2 Å². The first kappa shape index (κ1) is 19.6. The highest BCUT2D eigenvalue weighted by Gasteiger charge is 2.19. The molecule has 1 heterocycles. The van der Waals surface area contributed by atoms with Crippen LogP contribution in [0.15, 0.2) is 55.0 Å². The van der Waals surface area contributed by atoms with Crippen LogP contribution < -0.4 is 0 Å². The maximum atomic E-state index is 10.9. The molecule has 140 valence electrons. The summed E-state index contributed by atoms with van der Waals surface area (Å²) in [4.78, 5) is 14.1. The second kappa shape index (κ2) is 8.71. The fourth-order valence-electron chi connectivity index (χ4n) is 2.51. The van der Waals surface area contributed by atoms with Gasteiger partial charge < -0.3 is 19.4 Å². The van der Waals surface area contributed by atoms with Crippen LogP contribution in [-0.4, -0.2) is 14.5 Å². The average molecular weight is 427 g/mol. The zero-order valence-electron chi connectivity index (χ0n) is 13.9. The molecule has 6 nitrogen and oxygen atoms in total. The third-order valence-corrected chi connectivity index (χ3v) is 4.67. The summed E-state index contributed by atoms with van der Waals surface area (Å²) in [6.07, 6.45) is 2.28. The Bertz CT molecular complexity index is 945. The summed E-state index contributed by atoms with van der Waals surface area (Å²) >= 11 is 18.2. The first-order valence-corrected chi connectivity index (χ1v) is 9.03. The monoisotopic (exact) mass is 425 g/mol. The molecule has 2 aromatic carbocycles. The normalized spacial score (nSPS) is 12.1. The standard InChI is InChI=1S/C18H14Cl3N3O3/c19-13-3-1-12(2-4-13)10-27-17(15-6-5-14(20)7-16(15)21)8-23-9-18(22-11-23)24(25)26/h1-7,9,11,17H,8,10H2. The molecule has 0 saturated carbocycles. The third kappa shape index (κ3) is 5.20. The SMILES string of the molecule is O=[N+]([O-])c1cn(CC(OCc2ccc(Cl)cc2)c2ccc(Cl)cc2Cl)cn1. The van der Waals surface area contributed by atoms with Gasteiger partial charge in [-0.15, -0.1) is 0 Å². The molecular formula is C18H14Cl3N3O3. The van der Waals surface area contributed by atoms with Crippen molar-refractivity contribution >= 4 is 40.6 Å². The quantitative estimate of drug-likeness (QED) is 0.358. The molecule has 0 radical (unpaired) electrons. The number of aromatic nitrogens is 2. The van der Waals surface area contributed by atoms with Crippen molar-refractivity contribution in [2.45, 2.75) is 19.3 Å². The largest absolute Gasteiger partial charge is 0.381 e. The summed E-state index contributed by atoms with van der Waals surface area (Å²) in [5, 5.41) is 12.5. The van der Waals surface area contributed by atoms with Crippen LogP contribution in [0.2, 0.25) is 15.1 Å². The Morgan fingerprint density at radius 1 is 1.11 bits per heavy atom. The van der Waals surface area contributed by atoms with E-state index in [1.807, 2.05) is 12.1 Å². The summed E-state index contributed by atoms with van der Waals surface area (Å²) in [6, 6.07) is 12.4. The fourth-order valence-corrected chi connectivity index (χ4v) is 3.17. The van der Waals surface area contributed by atoms with Gasteiger partial charge in [0.2, 0.25) is 6.33 Å². The molecule has 0 saturated heterocycles. The molecule has 9 heteroatoms. The van der Waals surface area contributed by atoms with Crippen molar-refractivity contribution in [1.29, 1.82) is 0 Å². The van der Waals surface area contributed by atoms with Gasteiger partial charge >= 0.3 is 5.82 Å². The molecule has 1 unspecified atom stereocenters. The minimum atomic E-state index is -0.546. The Morgan fingerprint density at radius 3 is 2.44 bits per heavy atom. The molecule has 1 atom stereocenters. The van der Waals surface area contributed by atoms with Crippen LogP contribution in [0.25, 0.3) is 0 Å². The molecular weight excluding hydrogens is 413 g/mol. The predicted octanol–water partition coefficient (Wildman–Crippen LogP) is 5.71. The van der Waals surface area contributed by atoms with Gasteiger partial charge in [-0.05, 0) is 39.7 Å². The average Bonchev–Trinajstić information content (AvgIpc) is 3.09. The van der Waals surface area contributed by atoms with E-state index >= 15 is 0 Å². The van der Waals surface area contributed by atoms with Crippen molar-refractivity contribution in [1.82, 2.24) is 9.55 Å². The van der Waals surface area contributed by atoms with Crippen LogP contribution in [0.4, 0.5) is 5.82 Å². The first-order chi connectivity index (χ1) is 12.9. The van der Waals surface area contributed by atoms with E-state index in [0.717, 1.165) is 11.1 Å². The Labute approximate surface area is 170 Å². The van der Waals surface area contributed by atoms with Gasteiger partial charge in [0.15, 0.2) is 0 Å². The van der Waals surface area contributed by atoms with Gasteiger partial charge in [-0.25, -0.2) is 0 Å². The van der Waals surface area contributed by atoms with E-state index in [1.165, 1.54) is 12.5 Å². The number of benzene rings is 2. The lowest BCUT2D eigenvalue weighted by Crippen LogP contribution is -2.12. The highest BCUT2D eigenvalue weighted by Crippen LogP contribution is 2.30. The summed E-state index contributed by atoms with van der Waals surface area (Å²) in [7, 11) is 0. The molecule has 0 amide bonds. The van der Waals surface area contributed by atoms with Crippen molar-refractivity contribution < 1.29 is 9.66 Å². The topological polar surface area (TPSA) is 70.2 Å². The zero-order chi connectivity index (χ0) is 19.4. The molecule has 0 aliphatic rings. The van der Waals surface area contributed by atoms with Gasteiger partial charge in [0.25, 0.3) is 0 Å². The zero-order valence-corrected chi connectivity index (χ0v) is 16.2. The van der Waals surface area contributed by atoms with E-state index in [9.17, 15) is 10.1 Å². The number of nitro groups is 1. The maximum absolute atomic E-state index is 10.9. The number of hydrogen-bond donors (Lipinski definition) is 0. The van der Waals surface area contributed by atoms with Crippen LogP contribution in [0.3, 0.4) is 0 Å². The second-order valence-corrected chi connectivity index (χ2v) is 7.06. The van der Waals surface area contributed by atoms with Gasteiger partial charge in [0.05, 0.1) is 13.2 Å². The van der Waals surface area contributed by atoms with Gasteiger partial charge in [-0.2, -0.15) is 0 Å². The van der Waals surface area contributed by atoms with Gasteiger partial charge in [-0.1, -0.05) is 53.0 Å². The van der Waals surface area contributed by atoms with E-state index in [-0.39, 0.29) is 5.82 Å². The number of ether oxygens (including phenoxy) is 1. The lowest BCUT2D eigenvalue weighted by Gasteiger charge is -2.20. The Morgan fingerprint density at radius 2 is 1.81 bits per heavy atom. The van der Waals surface area contributed by atoms with Gasteiger partial charge in [-0.3, -0.25) is 0 Å². The number of imidazole rings is 1. The summed E-state index contributed by atoms with van der Waals surface area (Å²) in [5.74, 6) is -0.228. The molecule has 0 bridgehead atoms. The van der Waals surface area contributed by atoms with Crippen molar-refractivity contribution in [2.75, 3.05) is 0 Å². The Balaban J connectivity index is 1.82. The van der Waals surface area contributed by atoms with Crippen LogP contribution in [0, 0.1) is 10.1 Å². The molecule has 0 spiro atoms. The molecule has 1 aromatic heterocycles. The molecule has 0 aliphatic heterocycles. The number of hydrogen-bond acceptors (Lipinski definition) is 4. The number of nitrogens with zero attached hydrogens (tertiary/aromatic N) is 3. The smallest absolute Gasteiger partial charge is 0.367 e. The second-order valence-electron chi connectivity index (χ2n) is 5.78. The van der Waals surface area contributed by atoms with Crippen molar-refractivity contribution in [3.8, 4) is 0 Å². The third-order valence-electron chi connectivity index (χ3n) is 3.86. The van der Waals surface area contributed by atoms with E-state index in [1.54, 1.807) is 34.9 Å². The van der Waals surface area contributed by atoms with Gasteiger partial charge in [0, 0.05) is 20.6 Å². The van der Waals surface area contributed by atoms with E-state index in [2.05, 4.69) is 4.98 Å². The maximum Gasteiger partial charge on any atom is 0.381 e. The minimum absolute atomic E-state index is 0.228. The van der Waals surface area contributed by atoms with Crippen molar-refractivity contribution in [2.24, 2.45) is 0 Å². The van der Waals surface area contributed by atoms with Crippen molar-refractivity contribution in [3.63, 3.8) is 0 Å². The number of rotatable bonds is 7. The van der Waals surface area contributed by atoms with Crippen LogP contribution in [0.5, 0.6) is 0 Å². The lowest BCUT2D eigenvalue weighted by atomic mass is 10.1. The molecule has 27 heavy (non-hydrogen) atoms. The lowest BCUT2D eigenvalue weighted by molar-refractivity contribution is -0.389. The van der Waals surface area contributed by atoms with Gasteiger partial charge in [0.1, 0.15) is 12.3 Å². The highest BCUT2D eigenvalue weighted by molar-refractivity contribution is 6.35. The van der Waals surface area contributed by atoms with E-state index < -0.39 is 11.0 Å². The van der Waals surface area contributed by atoms with Crippen LogP contribution >= 0.6 is 34.8 Å². The molecule has 3 aromatic rings. The summed E-state index contributed by atoms with van der Waals surface area (Å²) in [6.45, 7) is 0.618. The van der Waals surface area contributed by atoms with E-state index in [4.69, 9.17) is 39.5 Å². The fraction of sp³-hybridized carbons (Fsp3) is 0.167. The molecule has 0 fully saturated rings. The van der Waals surface area contributed by atoms with Crippen molar-refractivity contribution in [3.05, 3.63) is 91.3 Å². The molecule has 0 N–H and O–H groups in total. The highest BCUT2D eigenvalue weighted by atomic mass is 35.5.